The number of nitriles is 1. The van der Waals surface area contributed by atoms with Gasteiger partial charge in [0.15, 0.2) is 0 Å². The minimum atomic E-state index is -0.810. The predicted molar refractivity (Wildman–Crippen MR) is 140 cm³/mol. The number of nitrogens with zero attached hydrogens (tertiary/aromatic N) is 2. The molecule has 0 fully saturated rings. The summed E-state index contributed by atoms with van der Waals surface area (Å²) in [5.41, 5.74) is 1.77. The topological polar surface area (TPSA) is 144 Å². The summed E-state index contributed by atoms with van der Waals surface area (Å²) < 4.78 is 10.3. The van der Waals surface area contributed by atoms with Crippen LogP contribution in [0.5, 0.6) is 0 Å². The van der Waals surface area contributed by atoms with E-state index in [-0.39, 0.29) is 41.7 Å². The third-order valence-corrected chi connectivity index (χ3v) is 6.68. The molecule has 0 radical (unpaired) electrons. The van der Waals surface area contributed by atoms with Crippen LogP contribution in [0.25, 0.3) is 0 Å². The Morgan fingerprint density at radius 3 is 2.54 bits per heavy atom. The number of hydrogen-bond acceptors (Lipinski definition) is 9. The van der Waals surface area contributed by atoms with Crippen LogP contribution in [0, 0.1) is 21.4 Å². The van der Waals surface area contributed by atoms with Gasteiger partial charge in [-0.15, -0.1) is 0 Å². The summed E-state index contributed by atoms with van der Waals surface area (Å²) >= 11 is 7.55. The van der Waals surface area contributed by atoms with Gasteiger partial charge >= 0.3 is 5.97 Å². The summed E-state index contributed by atoms with van der Waals surface area (Å²) in [6.45, 7) is 1.94. The molecular formula is C25H23ClN4O6S. The number of benzene rings is 2. The highest BCUT2D eigenvalue weighted by molar-refractivity contribution is 8.03. The summed E-state index contributed by atoms with van der Waals surface area (Å²) in [6, 6.07) is 14.5. The maximum atomic E-state index is 13.0. The van der Waals surface area contributed by atoms with Gasteiger partial charge in [-0.25, -0.2) is 4.79 Å². The highest BCUT2D eigenvalue weighted by Crippen LogP contribution is 2.43. The normalized spacial score (nSPS) is 15.0. The number of ether oxygens (including phenoxy) is 2. The summed E-state index contributed by atoms with van der Waals surface area (Å²) in [6.07, 6.45) is 0. The number of nitro groups is 1. The van der Waals surface area contributed by atoms with Gasteiger partial charge in [0.1, 0.15) is 6.61 Å². The van der Waals surface area contributed by atoms with E-state index in [0.29, 0.717) is 27.0 Å². The first kappa shape index (κ1) is 27.7. The minimum absolute atomic E-state index is 0.0391. The molecule has 0 saturated carbocycles. The Hall–Kier alpha value is -3.85. The zero-order valence-electron chi connectivity index (χ0n) is 19.9. The van der Waals surface area contributed by atoms with Crippen molar-refractivity contribution in [3.63, 3.8) is 0 Å². The molecule has 2 aromatic carbocycles. The van der Waals surface area contributed by atoms with Gasteiger partial charge in [-0.2, -0.15) is 5.26 Å². The van der Waals surface area contributed by atoms with E-state index in [9.17, 15) is 25.0 Å². The Morgan fingerprint density at radius 2 is 1.92 bits per heavy atom. The van der Waals surface area contributed by atoms with Gasteiger partial charge in [-0.1, -0.05) is 41.6 Å². The van der Waals surface area contributed by atoms with Gasteiger partial charge in [0.05, 0.1) is 45.4 Å². The second-order valence-electron chi connectivity index (χ2n) is 7.74. The van der Waals surface area contributed by atoms with Gasteiger partial charge in [0, 0.05) is 35.6 Å². The lowest BCUT2D eigenvalue weighted by atomic mass is 9.82. The van der Waals surface area contributed by atoms with Crippen LogP contribution in [0.4, 0.5) is 11.4 Å². The third kappa shape index (κ3) is 6.89. The highest BCUT2D eigenvalue weighted by Gasteiger charge is 2.36. The van der Waals surface area contributed by atoms with Crippen LogP contribution < -0.4 is 10.6 Å². The molecule has 0 spiro atoms. The summed E-state index contributed by atoms with van der Waals surface area (Å²) in [7, 11) is 1.49. The van der Waals surface area contributed by atoms with Crippen molar-refractivity contribution < 1.29 is 24.0 Å². The number of rotatable bonds is 10. The number of carbonyl (C=O) groups is 2. The number of carbonyl (C=O) groups excluding carboxylic acids is 2. The van der Waals surface area contributed by atoms with Gasteiger partial charge in [0.25, 0.3) is 5.69 Å². The van der Waals surface area contributed by atoms with Crippen LogP contribution >= 0.6 is 23.4 Å². The number of anilines is 1. The van der Waals surface area contributed by atoms with E-state index in [4.69, 9.17) is 21.1 Å². The number of esters is 1. The monoisotopic (exact) mass is 542 g/mol. The average molecular weight is 543 g/mol. The second-order valence-corrected chi connectivity index (χ2v) is 9.14. The molecule has 1 heterocycles. The molecule has 37 heavy (non-hydrogen) atoms. The van der Waals surface area contributed by atoms with Crippen LogP contribution in [0.2, 0.25) is 5.02 Å². The predicted octanol–water partition coefficient (Wildman–Crippen LogP) is 4.51. The van der Waals surface area contributed by atoms with E-state index in [0.717, 1.165) is 11.8 Å². The number of non-ortho nitro benzene ring substituents is 1. The van der Waals surface area contributed by atoms with E-state index in [1.165, 1.54) is 31.4 Å². The molecule has 2 N–H and O–H groups in total. The van der Waals surface area contributed by atoms with Gasteiger partial charge in [0.2, 0.25) is 5.91 Å². The van der Waals surface area contributed by atoms with Crippen molar-refractivity contribution in [3.05, 3.63) is 91.1 Å². The Bertz CT molecular complexity index is 1300. The summed E-state index contributed by atoms with van der Waals surface area (Å²) in [4.78, 5) is 35.9. The highest BCUT2D eigenvalue weighted by atomic mass is 35.5. The Labute approximate surface area is 222 Å². The quantitative estimate of drug-likeness (QED) is 0.192. The molecule has 2 aromatic rings. The summed E-state index contributed by atoms with van der Waals surface area (Å²) in [5, 5.41) is 27.4. The SMILES string of the molecule is COCCOC(=O)C1=C(C)NC(SCC(=O)Nc2ccc([N+](=O)[O-])cc2)=C(C#N)[C@@H]1c1ccccc1Cl. The number of halogens is 1. The average Bonchev–Trinajstić information content (AvgIpc) is 2.87. The standard InChI is InChI=1S/C25H23ClN4O6S/c1-15-22(25(32)36-12-11-35-2)23(18-5-3-4-6-20(18)26)19(13-27)24(28-15)37-14-21(31)29-16-7-9-17(10-8-16)30(33)34/h3-10,23,28H,11-12,14H2,1-2H3,(H,29,31)/t23-/m0/s1. The van der Waals surface area contributed by atoms with Crippen molar-refractivity contribution in [2.75, 3.05) is 31.4 Å². The van der Waals surface area contributed by atoms with Crippen molar-refractivity contribution in [2.45, 2.75) is 12.8 Å². The maximum Gasteiger partial charge on any atom is 0.336 e. The van der Waals surface area contributed by atoms with E-state index in [2.05, 4.69) is 16.7 Å². The first-order valence-electron chi connectivity index (χ1n) is 11.0. The van der Waals surface area contributed by atoms with Crippen LogP contribution in [0.1, 0.15) is 18.4 Å². The Morgan fingerprint density at radius 1 is 1.22 bits per heavy atom. The van der Waals surface area contributed by atoms with Crippen molar-refractivity contribution in [1.82, 2.24) is 5.32 Å². The van der Waals surface area contributed by atoms with Crippen LogP contribution in [0.3, 0.4) is 0 Å². The fraction of sp³-hybridized carbons (Fsp3) is 0.240. The molecule has 12 heteroatoms. The smallest absolute Gasteiger partial charge is 0.336 e. The van der Waals surface area contributed by atoms with Gasteiger partial charge < -0.3 is 20.1 Å². The summed E-state index contributed by atoms with van der Waals surface area (Å²) in [5.74, 6) is -1.87. The van der Waals surface area contributed by atoms with Crippen molar-refractivity contribution in [2.24, 2.45) is 0 Å². The van der Waals surface area contributed by atoms with Crippen molar-refractivity contribution >= 4 is 46.6 Å². The van der Waals surface area contributed by atoms with Crippen LogP contribution in [0.15, 0.2) is 70.4 Å². The number of methoxy groups -OCH3 is 1. The lowest BCUT2D eigenvalue weighted by molar-refractivity contribution is -0.384. The Kier molecular flexibility index (Phi) is 9.68. The van der Waals surface area contributed by atoms with Crippen molar-refractivity contribution in [3.8, 4) is 6.07 Å². The molecule has 0 bridgehead atoms. The zero-order chi connectivity index (χ0) is 26.9. The number of nitrogens with one attached hydrogen (secondary N) is 2. The fourth-order valence-corrected chi connectivity index (χ4v) is 4.75. The maximum absolute atomic E-state index is 13.0. The lowest BCUT2D eigenvalue weighted by Gasteiger charge is -2.29. The molecule has 0 unspecified atom stereocenters. The van der Waals surface area contributed by atoms with Crippen LogP contribution in [-0.4, -0.2) is 42.9 Å². The number of hydrogen-bond donors (Lipinski definition) is 2. The number of allylic oxidation sites excluding steroid dienone is 2. The third-order valence-electron chi connectivity index (χ3n) is 5.31. The second kappa shape index (κ2) is 12.9. The molecule has 0 aromatic heterocycles. The number of thioether (sulfide) groups is 1. The first-order chi connectivity index (χ1) is 17.8. The van der Waals surface area contributed by atoms with Gasteiger partial charge in [-0.3, -0.25) is 14.9 Å². The number of nitro benzene ring substituents is 1. The lowest BCUT2D eigenvalue weighted by Crippen LogP contribution is -2.30. The van der Waals surface area contributed by atoms with E-state index >= 15 is 0 Å². The molecule has 1 aliphatic rings. The van der Waals surface area contributed by atoms with E-state index < -0.39 is 16.8 Å². The fourth-order valence-electron chi connectivity index (χ4n) is 3.61. The molecule has 192 valence electrons. The zero-order valence-corrected chi connectivity index (χ0v) is 21.5. The molecular weight excluding hydrogens is 520 g/mol. The Balaban J connectivity index is 1.85. The molecule has 0 aliphatic carbocycles. The molecule has 3 rings (SSSR count). The number of dihydropyridines is 1. The van der Waals surface area contributed by atoms with Crippen LogP contribution in [-0.2, 0) is 19.1 Å². The van der Waals surface area contributed by atoms with Crippen molar-refractivity contribution in [1.29, 1.82) is 5.26 Å². The molecule has 1 amide bonds. The molecule has 1 atom stereocenters. The largest absolute Gasteiger partial charge is 0.460 e. The minimum Gasteiger partial charge on any atom is -0.460 e. The van der Waals surface area contributed by atoms with E-state index in [1.54, 1.807) is 31.2 Å². The van der Waals surface area contributed by atoms with Gasteiger partial charge in [-0.05, 0) is 30.7 Å². The first-order valence-corrected chi connectivity index (χ1v) is 12.3. The molecule has 1 aliphatic heterocycles. The molecule has 10 nitrogen and oxygen atoms in total. The number of amides is 1. The molecule has 0 saturated heterocycles. The van der Waals surface area contributed by atoms with E-state index in [1.807, 2.05) is 0 Å².